The number of hydrogen-bond acceptors (Lipinski definition) is 2. The minimum Gasteiger partial charge on any atom is -0.541 e. The van der Waals surface area contributed by atoms with Crippen LogP contribution in [0.5, 0.6) is 0 Å². The summed E-state index contributed by atoms with van der Waals surface area (Å²) in [5.41, 5.74) is 1.12. The molecule has 1 aromatic rings. The number of nitrogens with zero attached hydrogens (tertiary/aromatic N) is 2. The number of imidazole rings is 1. The Labute approximate surface area is 83.8 Å². The third kappa shape index (κ3) is 1.41. The standard InChI is InChI=1S/C10H16N2O2/c1-5-7-9(10(13)14)12(4)8(6-2)11(7)3/h5-6H2,1-4H3. The molecule has 1 aromatic heterocycles. The van der Waals surface area contributed by atoms with Crippen molar-refractivity contribution in [3.8, 4) is 0 Å². The number of carbonyl (C=O) groups excluding carboxylic acids is 1. The van der Waals surface area contributed by atoms with Gasteiger partial charge < -0.3 is 9.90 Å². The van der Waals surface area contributed by atoms with Crippen LogP contribution in [-0.2, 0) is 26.9 Å². The van der Waals surface area contributed by atoms with Crippen LogP contribution in [0, 0.1) is 0 Å². The van der Waals surface area contributed by atoms with Gasteiger partial charge in [0.25, 0.3) is 5.82 Å². The van der Waals surface area contributed by atoms with E-state index in [1.54, 1.807) is 11.6 Å². The molecule has 14 heavy (non-hydrogen) atoms. The molecular weight excluding hydrogens is 180 g/mol. The summed E-state index contributed by atoms with van der Waals surface area (Å²) in [5, 5.41) is 10.9. The van der Waals surface area contributed by atoms with E-state index in [1.807, 2.05) is 25.5 Å². The summed E-state index contributed by atoms with van der Waals surface area (Å²) < 4.78 is 3.64. The van der Waals surface area contributed by atoms with Crippen molar-refractivity contribution in [1.29, 1.82) is 0 Å². The number of aromatic carboxylic acids is 1. The summed E-state index contributed by atoms with van der Waals surface area (Å²) in [6.07, 6.45) is 1.51. The first-order chi connectivity index (χ1) is 6.54. The summed E-state index contributed by atoms with van der Waals surface area (Å²) in [5.74, 6) is -0.0966. The van der Waals surface area contributed by atoms with Crippen LogP contribution >= 0.6 is 0 Å². The molecule has 78 valence electrons. The summed E-state index contributed by atoms with van der Waals surface area (Å²) in [6, 6.07) is 0. The minimum absolute atomic E-state index is 0.298. The lowest BCUT2D eigenvalue weighted by Gasteiger charge is -1.99. The number of aromatic nitrogens is 2. The molecule has 4 heteroatoms. The van der Waals surface area contributed by atoms with Gasteiger partial charge in [0.15, 0.2) is 11.4 Å². The van der Waals surface area contributed by atoms with Crippen LogP contribution in [0.25, 0.3) is 0 Å². The Hall–Kier alpha value is -1.32. The van der Waals surface area contributed by atoms with Gasteiger partial charge >= 0.3 is 0 Å². The van der Waals surface area contributed by atoms with Crippen LogP contribution in [0.2, 0.25) is 0 Å². The molecule has 0 bridgehead atoms. The maximum Gasteiger partial charge on any atom is 0.256 e. The Morgan fingerprint density at radius 3 is 2.29 bits per heavy atom. The normalized spacial score (nSPS) is 10.6. The van der Waals surface area contributed by atoms with Crippen molar-refractivity contribution in [2.24, 2.45) is 14.1 Å². The van der Waals surface area contributed by atoms with Crippen molar-refractivity contribution < 1.29 is 14.5 Å². The number of rotatable bonds is 3. The van der Waals surface area contributed by atoms with E-state index in [-0.39, 0.29) is 0 Å². The van der Waals surface area contributed by atoms with Crippen LogP contribution < -0.4 is 9.67 Å². The van der Waals surface area contributed by atoms with Gasteiger partial charge in [-0.3, -0.25) is 0 Å². The third-order valence-electron chi connectivity index (χ3n) is 2.63. The summed E-state index contributed by atoms with van der Waals surface area (Å²) in [7, 11) is 3.66. The van der Waals surface area contributed by atoms with Gasteiger partial charge in [-0.15, -0.1) is 0 Å². The maximum absolute atomic E-state index is 10.9. The zero-order valence-corrected chi connectivity index (χ0v) is 9.13. The Balaban J connectivity index is 3.47. The van der Waals surface area contributed by atoms with Crippen molar-refractivity contribution >= 4 is 5.97 Å². The second kappa shape index (κ2) is 3.82. The second-order valence-corrected chi connectivity index (χ2v) is 3.32. The van der Waals surface area contributed by atoms with Gasteiger partial charge in [-0.25, -0.2) is 9.13 Å². The highest BCUT2D eigenvalue weighted by Gasteiger charge is 2.24. The molecule has 1 rings (SSSR count). The first-order valence-corrected chi connectivity index (χ1v) is 4.82. The third-order valence-corrected chi connectivity index (χ3v) is 2.63. The first-order valence-electron chi connectivity index (χ1n) is 4.82. The largest absolute Gasteiger partial charge is 0.541 e. The highest BCUT2D eigenvalue weighted by atomic mass is 16.4. The second-order valence-electron chi connectivity index (χ2n) is 3.32. The number of carboxylic acids is 1. The fourth-order valence-corrected chi connectivity index (χ4v) is 2.00. The van der Waals surface area contributed by atoms with Gasteiger partial charge in [0, 0.05) is 12.8 Å². The molecule has 0 aromatic carbocycles. The van der Waals surface area contributed by atoms with Crippen LogP contribution in [-0.4, -0.2) is 10.5 Å². The Kier molecular flexibility index (Phi) is 2.93. The lowest BCUT2D eigenvalue weighted by Crippen LogP contribution is -2.42. The van der Waals surface area contributed by atoms with Crippen LogP contribution in [0.3, 0.4) is 0 Å². The van der Waals surface area contributed by atoms with Crippen molar-refractivity contribution in [3.63, 3.8) is 0 Å². The van der Waals surface area contributed by atoms with Crippen molar-refractivity contribution in [1.82, 2.24) is 4.57 Å². The van der Waals surface area contributed by atoms with Crippen LogP contribution in [0.1, 0.15) is 35.9 Å². The molecule has 0 unspecified atom stereocenters. The fourth-order valence-electron chi connectivity index (χ4n) is 2.00. The van der Waals surface area contributed by atoms with E-state index in [2.05, 4.69) is 0 Å². The molecule has 0 saturated carbocycles. The molecule has 1 heterocycles. The average Bonchev–Trinajstić information content (AvgIpc) is 2.37. The van der Waals surface area contributed by atoms with Gasteiger partial charge in [-0.05, 0) is 0 Å². The maximum atomic E-state index is 10.9. The topological polar surface area (TPSA) is 48.9 Å². The van der Waals surface area contributed by atoms with Gasteiger partial charge in [-0.2, -0.15) is 0 Å². The van der Waals surface area contributed by atoms with E-state index < -0.39 is 5.97 Å². The molecule has 0 radical (unpaired) electrons. The molecule has 0 N–H and O–H groups in total. The lowest BCUT2D eigenvalue weighted by atomic mass is 10.2. The molecule has 0 atom stereocenters. The van der Waals surface area contributed by atoms with E-state index in [0.29, 0.717) is 12.1 Å². The molecule has 0 saturated heterocycles. The number of carboxylic acid groups (broad SMARTS) is 1. The zero-order chi connectivity index (χ0) is 10.9. The SMILES string of the molecule is CCc1c(C(=O)[O-])[n+](C)c(CC)n1C. The van der Waals surface area contributed by atoms with Crippen molar-refractivity contribution in [2.45, 2.75) is 26.7 Å². The molecule has 0 spiro atoms. The Morgan fingerprint density at radius 2 is 2.00 bits per heavy atom. The van der Waals surface area contributed by atoms with E-state index in [1.165, 1.54) is 0 Å². The molecule has 0 aliphatic heterocycles. The summed E-state index contributed by atoms with van der Waals surface area (Å²) >= 11 is 0. The van der Waals surface area contributed by atoms with Crippen molar-refractivity contribution in [3.05, 3.63) is 17.2 Å². The summed E-state index contributed by atoms with van der Waals surface area (Å²) in [6.45, 7) is 3.95. The highest BCUT2D eigenvalue weighted by molar-refractivity contribution is 5.83. The van der Waals surface area contributed by atoms with Crippen LogP contribution in [0.15, 0.2) is 0 Å². The quantitative estimate of drug-likeness (QED) is 0.602. The van der Waals surface area contributed by atoms with Crippen molar-refractivity contribution in [2.75, 3.05) is 0 Å². The lowest BCUT2D eigenvalue weighted by molar-refractivity contribution is -0.683. The molecule has 0 amide bonds. The van der Waals surface area contributed by atoms with Gasteiger partial charge in [0.2, 0.25) is 0 Å². The van der Waals surface area contributed by atoms with Gasteiger partial charge in [-0.1, -0.05) is 13.8 Å². The van der Waals surface area contributed by atoms with Crippen LogP contribution in [0.4, 0.5) is 0 Å². The predicted molar refractivity (Wildman–Crippen MR) is 49.7 cm³/mol. The molecule has 4 nitrogen and oxygen atoms in total. The Bertz CT molecular complexity index is 367. The van der Waals surface area contributed by atoms with E-state index in [9.17, 15) is 9.90 Å². The van der Waals surface area contributed by atoms with E-state index in [0.717, 1.165) is 17.9 Å². The zero-order valence-electron chi connectivity index (χ0n) is 9.13. The Morgan fingerprint density at radius 1 is 1.43 bits per heavy atom. The smallest absolute Gasteiger partial charge is 0.256 e. The molecule has 0 aliphatic carbocycles. The number of carbonyl (C=O) groups is 1. The minimum atomic E-state index is -1.10. The monoisotopic (exact) mass is 196 g/mol. The highest BCUT2D eigenvalue weighted by Crippen LogP contribution is 2.08. The van der Waals surface area contributed by atoms with Gasteiger partial charge in [0.05, 0.1) is 14.1 Å². The predicted octanol–water partition coefficient (Wildman–Crippen LogP) is -0.662. The average molecular weight is 196 g/mol. The van der Waals surface area contributed by atoms with E-state index >= 15 is 0 Å². The first kappa shape index (κ1) is 10.8. The fraction of sp³-hybridized carbons (Fsp3) is 0.600. The summed E-state index contributed by atoms with van der Waals surface area (Å²) in [4.78, 5) is 10.9. The van der Waals surface area contributed by atoms with Gasteiger partial charge in [0.1, 0.15) is 5.97 Å². The molecule has 0 fully saturated rings. The molecule has 0 aliphatic rings. The van der Waals surface area contributed by atoms with E-state index in [4.69, 9.17) is 0 Å². The molecular formula is C10H16N2O2. The number of hydrogen-bond donors (Lipinski definition) is 0.